The summed E-state index contributed by atoms with van der Waals surface area (Å²) >= 11 is 0. The van der Waals surface area contributed by atoms with E-state index in [1.54, 1.807) is 0 Å². The first kappa shape index (κ1) is 35.9. The number of ketones is 1. The summed E-state index contributed by atoms with van der Waals surface area (Å²) in [6.07, 6.45) is 8.60. The van der Waals surface area contributed by atoms with E-state index in [2.05, 4.69) is 74.3 Å². The Morgan fingerprint density at radius 2 is 1.51 bits per heavy atom. The Morgan fingerprint density at radius 3 is 2.16 bits per heavy atom. The minimum Gasteiger partial charge on any atom is -0.512 e. The number of rotatable bonds is 9. The molecule has 5 rings (SSSR count). The fourth-order valence-electron chi connectivity index (χ4n) is 5.71. The van der Waals surface area contributed by atoms with Crippen molar-refractivity contribution < 1.29 is 34.4 Å². The number of furan rings is 1. The summed E-state index contributed by atoms with van der Waals surface area (Å²) in [7, 11) is 0. The second-order valence-corrected chi connectivity index (χ2v) is 12.5. The quantitative estimate of drug-likeness (QED) is 0.0919. The van der Waals surface area contributed by atoms with E-state index in [0.717, 1.165) is 64.4 Å². The predicted molar refractivity (Wildman–Crippen MR) is 184 cm³/mol. The minimum absolute atomic E-state index is 0. The van der Waals surface area contributed by atoms with Crippen molar-refractivity contribution in [2.75, 3.05) is 0 Å². The van der Waals surface area contributed by atoms with Gasteiger partial charge in [-0.2, -0.15) is 0 Å². The molecule has 1 N–H and O–H groups in total. The van der Waals surface area contributed by atoms with Gasteiger partial charge < -0.3 is 9.52 Å². The molecular formula is C40H46IrNO3-. The molecule has 239 valence electrons. The van der Waals surface area contributed by atoms with Gasteiger partial charge in [0.15, 0.2) is 5.78 Å². The largest absolute Gasteiger partial charge is 0.512 e. The molecule has 1 radical (unpaired) electrons. The number of fused-ring (bicyclic) bond motifs is 2. The second kappa shape index (κ2) is 16.2. The van der Waals surface area contributed by atoms with Crippen LogP contribution in [0.1, 0.15) is 79.7 Å². The van der Waals surface area contributed by atoms with Crippen molar-refractivity contribution in [2.45, 2.75) is 79.6 Å². The van der Waals surface area contributed by atoms with E-state index >= 15 is 0 Å². The third kappa shape index (κ3) is 8.60. The SMILES string of the molecule is CC(C)(C)c1cc(-c2cc(-c3coc4ccccc34)ccn2)[c-]c2ccccc12.CCC(CC)C(=O)/C=C(\O)C(CC)CC.[Ir]. The van der Waals surface area contributed by atoms with Gasteiger partial charge in [0.1, 0.15) is 5.58 Å². The van der Waals surface area contributed by atoms with E-state index < -0.39 is 0 Å². The van der Waals surface area contributed by atoms with Crippen LogP contribution in [0.4, 0.5) is 0 Å². The summed E-state index contributed by atoms with van der Waals surface area (Å²) in [4.78, 5) is 16.4. The second-order valence-electron chi connectivity index (χ2n) is 12.5. The van der Waals surface area contributed by atoms with E-state index in [0.29, 0.717) is 0 Å². The number of carbonyl (C=O) groups excluding carboxylic acids is 1. The van der Waals surface area contributed by atoms with E-state index in [4.69, 9.17) is 4.42 Å². The normalized spacial score (nSPS) is 11.9. The van der Waals surface area contributed by atoms with Gasteiger partial charge in [0.05, 0.1) is 12.0 Å². The molecule has 0 saturated heterocycles. The summed E-state index contributed by atoms with van der Waals surface area (Å²) in [6.45, 7) is 14.8. The van der Waals surface area contributed by atoms with E-state index in [1.165, 1.54) is 17.0 Å². The van der Waals surface area contributed by atoms with Crippen molar-refractivity contribution in [2.24, 2.45) is 11.8 Å². The van der Waals surface area contributed by atoms with Crippen LogP contribution in [0.25, 0.3) is 44.1 Å². The topological polar surface area (TPSA) is 63.3 Å². The Labute approximate surface area is 282 Å². The van der Waals surface area contributed by atoms with Crippen LogP contribution in [0.2, 0.25) is 0 Å². The van der Waals surface area contributed by atoms with Gasteiger partial charge in [-0.25, -0.2) is 0 Å². The molecule has 0 saturated carbocycles. The van der Waals surface area contributed by atoms with Gasteiger partial charge in [-0.3, -0.25) is 9.78 Å². The standard InChI is InChI=1S/C27H22NO.C13H24O2.Ir/c1-27(2,3)24-15-20(14-18-8-4-5-9-21(18)24)25-16-19(12-13-28-25)23-17-29-26-11-7-6-10-22(23)26;1-5-10(6-2)12(14)9-13(15)11(7-3)8-4;/h4-13,15-17H,1-3H3;9-11,14H,5-8H2,1-4H3;/q-1;;/b;12-9-;. The number of aromatic nitrogens is 1. The molecule has 0 spiro atoms. The van der Waals surface area contributed by atoms with Crippen LogP contribution in [-0.2, 0) is 30.3 Å². The van der Waals surface area contributed by atoms with E-state index in [9.17, 15) is 9.90 Å². The molecule has 0 aliphatic rings. The van der Waals surface area contributed by atoms with Crippen LogP contribution in [0.3, 0.4) is 0 Å². The zero-order valence-corrected chi connectivity index (χ0v) is 30.0. The molecule has 2 aromatic heterocycles. The summed E-state index contributed by atoms with van der Waals surface area (Å²) in [5.41, 5.74) is 6.35. The van der Waals surface area contributed by atoms with E-state index in [1.807, 2.05) is 64.4 Å². The van der Waals surface area contributed by atoms with Crippen molar-refractivity contribution >= 4 is 27.5 Å². The summed E-state index contributed by atoms with van der Waals surface area (Å²) in [5.74, 6) is 0.547. The Morgan fingerprint density at radius 1 is 0.889 bits per heavy atom. The fraction of sp³-hybridized carbons (Fsp3) is 0.350. The van der Waals surface area contributed by atoms with Crippen molar-refractivity contribution in [1.29, 1.82) is 0 Å². The number of carbonyl (C=O) groups is 1. The first-order chi connectivity index (χ1) is 21.1. The molecule has 0 unspecified atom stereocenters. The predicted octanol–water partition coefficient (Wildman–Crippen LogP) is 11.3. The maximum absolute atomic E-state index is 11.7. The average molecular weight is 781 g/mol. The average Bonchev–Trinajstić information content (AvgIpc) is 3.46. The number of hydrogen-bond donors (Lipinski definition) is 1. The van der Waals surface area contributed by atoms with Crippen molar-refractivity contribution in [3.8, 4) is 22.4 Å². The summed E-state index contributed by atoms with van der Waals surface area (Å²) < 4.78 is 5.74. The van der Waals surface area contributed by atoms with Gasteiger partial charge in [0.2, 0.25) is 0 Å². The number of allylic oxidation sites excluding steroid dienone is 2. The molecule has 0 bridgehead atoms. The molecule has 0 amide bonds. The Hall–Kier alpha value is -3.53. The first-order valence-electron chi connectivity index (χ1n) is 15.9. The molecule has 0 aliphatic carbocycles. The molecule has 0 fully saturated rings. The van der Waals surface area contributed by atoms with Crippen molar-refractivity contribution in [3.63, 3.8) is 0 Å². The fourth-order valence-corrected chi connectivity index (χ4v) is 5.71. The van der Waals surface area contributed by atoms with Gasteiger partial charge in [-0.15, -0.1) is 29.1 Å². The number of aliphatic hydroxyl groups excluding tert-OH is 1. The van der Waals surface area contributed by atoms with Crippen LogP contribution in [0.15, 0.2) is 95.4 Å². The van der Waals surface area contributed by atoms with Gasteiger partial charge in [-0.1, -0.05) is 102 Å². The molecule has 0 aliphatic heterocycles. The zero-order chi connectivity index (χ0) is 31.9. The number of benzene rings is 3. The Bertz CT molecular complexity index is 1740. The number of para-hydroxylation sites is 1. The van der Waals surface area contributed by atoms with Crippen molar-refractivity contribution in [1.82, 2.24) is 4.98 Å². The van der Waals surface area contributed by atoms with Crippen LogP contribution in [-0.4, -0.2) is 15.9 Å². The van der Waals surface area contributed by atoms with Crippen LogP contribution in [0.5, 0.6) is 0 Å². The third-order valence-electron chi connectivity index (χ3n) is 8.49. The first-order valence-corrected chi connectivity index (χ1v) is 15.9. The maximum Gasteiger partial charge on any atom is 0.162 e. The molecule has 5 aromatic rings. The smallest absolute Gasteiger partial charge is 0.162 e. The number of hydrogen-bond acceptors (Lipinski definition) is 4. The molecule has 4 nitrogen and oxygen atoms in total. The molecule has 0 atom stereocenters. The Kier molecular flexibility index (Phi) is 12.9. The van der Waals surface area contributed by atoms with E-state index in [-0.39, 0.29) is 48.9 Å². The maximum atomic E-state index is 11.7. The van der Waals surface area contributed by atoms with Crippen LogP contribution >= 0.6 is 0 Å². The summed E-state index contributed by atoms with van der Waals surface area (Å²) in [6, 6.07) is 26.6. The van der Waals surface area contributed by atoms with Crippen molar-refractivity contribution in [3.05, 3.63) is 103 Å². The number of nitrogens with zero attached hydrogens (tertiary/aromatic N) is 1. The number of pyridine rings is 1. The molecular weight excluding hydrogens is 735 g/mol. The zero-order valence-electron chi connectivity index (χ0n) is 27.6. The molecule has 5 heteroatoms. The van der Waals surface area contributed by atoms with Gasteiger partial charge in [-0.05, 0) is 48.8 Å². The monoisotopic (exact) mass is 781 g/mol. The van der Waals surface area contributed by atoms with Crippen LogP contribution in [0, 0.1) is 17.9 Å². The van der Waals surface area contributed by atoms with Crippen LogP contribution < -0.4 is 0 Å². The molecule has 3 aromatic carbocycles. The number of aliphatic hydroxyl groups is 1. The summed E-state index contributed by atoms with van der Waals surface area (Å²) in [5, 5.41) is 13.2. The Balaban J connectivity index is 0.000000297. The minimum atomic E-state index is 0. The molecule has 2 heterocycles. The third-order valence-corrected chi connectivity index (χ3v) is 8.49. The molecule has 45 heavy (non-hydrogen) atoms. The van der Waals surface area contributed by atoms with Gasteiger partial charge >= 0.3 is 0 Å². The van der Waals surface area contributed by atoms with Gasteiger partial charge in [0.25, 0.3) is 0 Å². The van der Waals surface area contributed by atoms with Gasteiger partial charge in [0, 0.05) is 60.9 Å².